The Hall–Kier alpha value is -1.87. The number of likely N-dealkylation sites (tertiary alicyclic amines) is 1. The maximum Gasteiger partial charge on any atom is 0.248 e. The largest absolute Gasteiger partial charge is 0.349 e. The van der Waals surface area contributed by atoms with Gasteiger partial charge in [0, 0.05) is 50.4 Å². The Balaban J connectivity index is 1.31. The predicted octanol–water partition coefficient (Wildman–Crippen LogP) is 5.48. The highest BCUT2D eigenvalue weighted by Gasteiger charge is 2.38. The summed E-state index contributed by atoms with van der Waals surface area (Å²) in [5, 5.41) is 16.0. The highest BCUT2D eigenvalue weighted by Crippen LogP contribution is 2.36. The molecule has 3 heterocycles. The lowest BCUT2D eigenvalue weighted by Gasteiger charge is -2.35. The van der Waals surface area contributed by atoms with Crippen molar-refractivity contribution in [2.75, 3.05) is 19.6 Å². The molecule has 0 unspecified atom stereocenters. The third-order valence-corrected chi connectivity index (χ3v) is 8.12. The normalized spacial score (nSPS) is 21.1. The predicted molar refractivity (Wildman–Crippen MR) is 130 cm³/mol. The smallest absolute Gasteiger partial charge is 0.248 e. The summed E-state index contributed by atoms with van der Waals surface area (Å²) < 4.78 is 29.3. The second kappa shape index (κ2) is 10.8. The van der Waals surface area contributed by atoms with Crippen LogP contribution in [0, 0.1) is 12.8 Å². The van der Waals surface area contributed by atoms with Crippen LogP contribution in [0.15, 0.2) is 16.8 Å². The zero-order chi connectivity index (χ0) is 24.3. The molecule has 1 aliphatic carbocycles. The number of alkyl halides is 2. The molecular formula is C25H37F2N5OS. The Morgan fingerprint density at radius 3 is 2.53 bits per heavy atom. The summed E-state index contributed by atoms with van der Waals surface area (Å²) in [4.78, 5) is 15.3. The van der Waals surface area contributed by atoms with Crippen LogP contribution in [0.5, 0.6) is 0 Å². The van der Waals surface area contributed by atoms with E-state index in [4.69, 9.17) is 0 Å². The Morgan fingerprint density at radius 1 is 1.21 bits per heavy atom. The molecule has 6 nitrogen and oxygen atoms in total. The molecule has 1 N–H and O–H groups in total. The number of aromatic nitrogens is 3. The number of nitrogens with one attached hydrogen (secondary N) is 1. The molecule has 0 aromatic carbocycles. The van der Waals surface area contributed by atoms with E-state index in [2.05, 4.69) is 50.3 Å². The number of aryl methyl sites for hydroxylation is 1. The van der Waals surface area contributed by atoms with Crippen LogP contribution in [0.3, 0.4) is 0 Å². The third kappa shape index (κ3) is 6.03. The summed E-state index contributed by atoms with van der Waals surface area (Å²) in [7, 11) is 0. The minimum Gasteiger partial charge on any atom is -0.349 e. The van der Waals surface area contributed by atoms with Gasteiger partial charge >= 0.3 is 0 Å². The molecule has 0 bridgehead atoms. The minimum atomic E-state index is -2.61. The number of hydrogen-bond acceptors (Lipinski definition) is 5. The molecule has 1 atom stereocenters. The average molecular weight is 494 g/mol. The van der Waals surface area contributed by atoms with Crippen LogP contribution in [0.25, 0.3) is 0 Å². The molecule has 0 spiro atoms. The van der Waals surface area contributed by atoms with Gasteiger partial charge in [0.1, 0.15) is 11.6 Å². The number of piperidine rings is 1. The van der Waals surface area contributed by atoms with E-state index < -0.39 is 5.92 Å². The van der Waals surface area contributed by atoms with E-state index in [0.29, 0.717) is 12.0 Å². The number of hydrogen-bond donors (Lipinski definition) is 1. The van der Waals surface area contributed by atoms with Gasteiger partial charge in [0.15, 0.2) is 0 Å². The summed E-state index contributed by atoms with van der Waals surface area (Å²) in [5.74, 6) is -0.589. The second-order valence-electron chi connectivity index (χ2n) is 10.2. The van der Waals surface area contributed by atoms with Gasteiger partial charge in [-0.25, -0.2) is 8.78 Å². The lowest BCUT2D eigenvalue weighted by molar-refractivity contribution is -0.130. The summed E-state index contributed by atoms with van der Waals surface area (Å²) in [6.07, 6.45) is 3.10. The van der Waals surface area contributed by atoms with Gasteiger partial charge in [-0.1, -0.05) is 13.8 Å². The Bertz CT molecular complexity index is 927. The van der Waals surface area contributed by atoms with Crippen molar-refractivity contribution in [2.24, 2.45) is 5.92 Å². The molecule has 2 fully saturated rings. The molecule has 1 saturated heterocycles. The maximum absolute atomic E-state index is 13.5. The van der Waals surface area contributed by atoms with Crippen LogP contribution < -0.4 is 5.32 Å². The molecule has 4 rings (SSSR count). The fraction of sp³-hybridized carbons (Fsp3) is 0.720. The number of carbonyl (C=O) groups excluding carboxylic acids is 1. The van der Waals surface area contributed by atoms with E-state index in [1.54, 1.807) is 11.3 Å². The van der Waals surface area contributed by atoms with Crippen LogP contribution in [0.4, 0.5) is 8.78 Å². The number of halogens is 2. The van der Waals surface area contributed by atoms with Crippen molar-refractivity contribution < 1.29 is 13.6 Å². The monoisotopic (exact) mass is 493 g/mol. The van der Waals surface area contributed by atoms with Gasteiger partial charge in [0.25, 0.3) is 0 Å². The zero-order valence-electron chi connectivity index (χ0n) is 20.5. The fourth-order valence-corrected chi connectivity index (χ4v) is 6.05. The van der Waals surface area contributed by atoms with Crippen molar-refractivity contribution in [3.8, 4) is 0 Å². The van der Waals surface area contributed by atoms with Gasteiger partial charge in [-0.3, -0.25) is 4.79 Å². The first kappa shape index (κ1) is 25.2. The maximum atomic E-state index is 13.5. The second-order valence-corrected chi connectivity index (χ2v) is 11.0. The molecule has 1 aliphatic heterocycles. The molecule has 2 aromatic rings. The number of nitrogens with zero attached hydrogens (tertiary/aromatic N) is 4. The van der Waals surface area contributed by atoms with Crippen molar-refractivity contribution in [2.45, 2.75) is 89.6 Å². The Labute approximate surface area is 205 Å². The molecule has 9 heteroatoms. The van der Waals surface area contributed by atoms with Gasteiger partial charge in [0.2, 0.25) is 11.8 Å². The fourth-order valence-electron chi connectivity index (χ4n) is 5.33. The Morgan fingerprint density at radius 2 is 1.91 bits per heavy atom. The number of amides is 1. The van der Waals surface area contributed by atoms with E-state index in [1.165, 1.54) is 0 Å². The standard InChI is InChI=1S/C25H37F2N5OS/c1-17(2)23-30-29-18(3)32(23)21-6-12-31(13-7-21)14-8-22(20-9-15-34-16-20)28-24(33)19-4-10-25(26,27)11-5-19/h9,15-17,19,21-22H,4-8,10-14H2,1-3H3,(H,28,33)/t22-/m0/s1. The Kier molecular flexibility index (Phi) is 8.02. The van der Waals surface area contributed by atoms with Crippen LogP contribution in [0.2, 0.25) is 0 Å². The molecule has 188 valence electrons. The topological polar surface area (TPSA) is 63.1 Å². The van der Waals surface area contributed by atoms with Gasteiger partial charge in [-0.05, 0) is 61.4 Å². The molecule has 2 aromatic heterocycles. The number of rotatable bonds is 8. The molecule has 34 heavy (non-hydrogen) atoms. The van der Waals surface area contributed by atoms with Crippen LogP contribution in [-0.2, 0) is 4.79 Å². The van der Waals surface area contributed by atoms with E-state index in [1.807, 2.05) is 12.3 Å². The average Bonchev–Trinajstić information content (AvgIpc) is 3.47. The van der Waals surface area contributed by atoms with Gasteiger partial charge in [0.05, 0.1) is 6.04 Å². The van der Waals surface area contributed by atoms with Gasteiger partial charge < -0.3 is 14.8 Å². The zero-order valence-corrected chi connectivity index (χ0v) is 21.3. The van der Waals surface area contributed by atoms with E-state index in [9.17, 15) is 13.6 Å². The highest BCUT2D eigenvalue weighted by molar-refractivity contribution is 7.08. The first-order valence-electron chi connectivity index (χ1n) is 12.6. The van der Waals surface area contributed by atoms with E-state index in [-0.39, 0.29) is 43.6 Å². The highest BCUT2D eigenvalue weighted by atomic mass is 32.1. The minimum absolute atomic E-state index is 0.0743. The molecular weight excluding hydrogens is 456 g/mol. The summed E-state index contributed by atoms with van der Waals surface area (Å²) >= 11 is 1.62. The SMILES string of the molecule is Cc1nnc(C(C)C)n1C1CCN(CC[C@H](NC(=O)C2CCC(F)(F)CC2)c2ccsc2)CC1. The third-order valence-electron chi connectivity index (χ3n) is 7.42. The van der Waals surface area contributed by atoms with Crippen molar-refractivity contribution in [1.82, 2.24) is 25.0 Å². The lowest BCUT2D eigenvalue weighted by Crippen LogP contribution is -2.40. The van der Waals surface area contributed by atoms with E-state index in [0.717, 1.165) is 56.1 Å². The van der Waals surface area contributed by atoms with Crippen LogP contribution in [-0.4, -0.2) is 51.1 Å². The van der Waals surface area contributed by atoms with Crippen molar-refractivity contribution in [1.29, 1.82) is 0 Å². The lowest BCUT2D eigenvalue weighted by atomic mass is 9.86. The molecule has 2 aliphatic rings. The number of carbonyl (C=O) groups is 1. The first-order valence-corrected chi connectivity index (χ1v) is 13.5. The first-order chi connectivity index (χ1) is 16.2. The summed E-state index contributed by atoms with van der Waals surface area (Å²) in [5.41, 5.74) is 1.11. The van der Waals surface area contributed by atoms with Crippen molar-refractivity contribution >= 4 is 17.2 Å². The molecule has 1 saturated carbocycles. The van der Waals surface area contributed by atoms with Crippen LogP contribution >= 0.6 is 11.3 Å². The van der Waals surface area contributed by atoms with Gasteiger partial charge in [-0.15, -0.1) is 10.2 Å². The van der Waals surface area contributed by atoms with Gasteiger partial charge in [-0.2, -0.15) is 11.3 Å². The van der Waals surface area contributed by atoms with Crippen molar-refractivity contribution in [3.63, 3.8) is 0 Å². The summed E-state index contributed by atoms with van der Waals surface area (Å²) in [6.45, 7) is 9.25. The van der Waals surface area contributed by atoms with Crippen molar-refractivity contribution in [3.05, 3.63) is 34.0 Å². The van der Waals surface area contributed by atoms with E-state index >= 15 is 0 Å². The molecule has 0 radical (unpaired) electrons. The number of thiophene rings is 1. The molecule has 1 amide bonds. The van der Waals surface area contributed by atoms with Crippen LogP contribution in [0.1, 0.15) is 94.0 Å². The summed E-state index contributed by atoms with van der Waals surface area (Å²) in [6, 6.07) is 2.41. The quantitative estimate of drug-likeness (QED) is 0.529.